The molecular formula is C22H39N3O2. The van der Waals surface area contributed by atoms with Gasteiger partial charge in [0.1, 0.15) is 0 Å². The van der Waals surface area contributed by atoms with E-state index in [1.165, 1.54) is 38.8 Å². The van der Waals surface area contributed by atoms with Gasteiger partial charge >= 0.3 is 0 Å². The molecule has 2 amide bonds. The number of carbonyl (C=O) groups is 2. The maximum absolute atomic E-state index is 12.9. The lowest BCUT2D eigenvalue weighted by Crippen LogP contribution is -2.53. The van der Waals surface area contributed by atoms with Crippen molar-refractivity contribution in [1.82, 2.24) is 14.7 Å². The molecule has 1 atom stereocenters. The van der Waals surface area contributed by atoms with Crippen LogP contribution in [0.1, 0.15) is 71.6 Å². The highest BCUT2D eigenvalue weighted by Gasteiger charge is 2.34. The van der Waals surface area contributed by atoms with Gasteiger partial charge in [0, 0.05) is 37.5 Å². The van der Waals surface area contributed by atoms with E-state index in [-0.39, 0.29) is 23.8 Å². The van der Waals surface area contributed by atoms with Crippen molar-refractivity contribution in [2.45, 2.75) is 77.7 Å². The van der Waals surface area contributed by atoms with E-state index in [0.29, 0.717) is 5.91 Å². The number of piperidine rings is 1. The molecule has 1 aliphatic carbocycles. The molecule has 1 unspecified atom stereocenters. The Kier molecular flexibility index (Phi) is 7.57. The molecule has 2 saturated heterocycles. The molecular weight excluding hydrogens is 338 g/mol. The van der Waals surface area contributed by atoms with E-state index in [1.54, 1.807) is 0 Å². The Morgan fingerprint density at radius 1 is 0.963 bits per heavy atom. The third kappa shape index (κ3) is 5.46. The Labute approximate surface area is 165 Å². The molecule has 0 N–H and O–H groups in total. The molecule has 5 heteroatoms. The molecule has 0 aromatic heterocycles. The molecule has 3 fully saturated rings. The first-order valence-corrected chi connectivity index (χ1v) is 11.4. The summed E-state index contributed by atoms with van der Waals surface area (Å²) in [6, 6.07) is 0.206. The summed E-state index contributed by atoms with van der Waals surface area (Å²) in [5.74, 6) is 0.883. The van der Waals surface area contributed by atoms with Gasteiger partial charge in [0.15, 0.2) is 0 Å². The fraction of sp³-hybridized carbons (Fsp3) is 0.909. The van der Waals surface area contributed by atoms with Gasteiger partial charge in [0.25, 0.3) is 0 Å². The minimum Gasteiger partial charge on any atom is -0.340 e. The number of hydrogen-bond donors (Lipinski definition) is 0. The number of hydrogen-bond acceptors (Lipinski definition) is 3. The van der Waals surface area contributed by atoms with Crippen molar-refractivity contribution in [3.8, 4) is 0 Å². The predicted molar refractivity (Wildman–Crippen MR) is 108 cm³/mol. The van der Waals surface area contributed by atoms with E-state index >= 15 is 0 Å². The molecule has 0 aromatic rings. The molecule has 2 heterocycles. The van der Waals surface area contributed by atoms with Crippen molar-refractivity contribution < 1.29 is 9.59 Å². The minimum atomic E-state index is 0.0256. The summed E-state index contributed by atoms with van der Waals surface area (Å²) in [6.07, 6.45) is 10.3. The summed E-state index contributed by atoms with van der Waals surface area (Å²) in [5.41, 5.74) is 0. The molecule has 5 nitrogen and oxygen atoms in total. The van der Waals surface area contributed by atoms with Gasteiger partial charge in [-0.2, -0.15) is 0 Å². The number of amides is 2. The molecule has 1 saturated carbocycles. The maximum Gasteiger partial charge on any atom is 0.225 e. The van der Waals surface area contributed by atoms with Crippen molar-refractivity contribution in [1.29, 1.82) is 0 Å². The van der Waals surface area contributed by atoms with E-state index in [2.05, 4.69) is 14.7 Å². The summed E-state index contributed by atoms with van der Waals surface area (Å²) in [5, 5.41) is 0. The first-order chi connectivity index (χ1) is 13.1. The average molecular weight is 378 g/mol. The van der Waals surface area contributed by atoms with Crippen LogP contribution < -0.4 is 0 Å². The Morgan fingerprint density at radius 3 is 2.33 bits per heavy atom. The van der Waals surface area contributed by atoms with Crippen LogP contribution in [0.5, 0.6) is 0 Å². The van der Waals surface area contributed by atoms with Crippen LogP contribution in [0.2, 0.25) is 0 Å². The minimum absolute atomic E-state index is 0.0256. The van der Waals surface area contributed by atoms with Gasteiger partial charge in [-0.15, -0.1) is 0 Å². The lowest BCUT2D eigenvalue weighted by molar-refractivity contribution is -0.143. The molecule has 3 rings (SSSR count). The summed E-state index contributed by atoms with van der Waals surface area (Å²) in [7, 11) is 0. The highest BCUT2D eigenvalue weighted by atomic mass is 16.2. The SMILES string of the molecule is CC(C)C(=O)N(CCCN1CCCC1)C1CCCN(C(=O)C2CCCC2)C1. The normalized spacial score (nSPS) is 24.7. The number of carbonyl (C=O) groups excluding carboxylic acids is 2. The van der Waals surface area contributed by atoms with Crippen LogP contribution in [0.15, 0.2) is 0 Å². The maximum atomic E-state index is 12.9. The van der Waals surface area contributed by atoms with Crippen molar-refractivity contribution in [2.24, 2.45) is 11.8 Å². The van der Waals surface area contributed by atoms with E-state index < -0.39 is 0 Å². The second-order valence-electron chi connectivity index (χ2n) is 9.15. The first kappa shape index (κ1) is 20.6. The summed E-state index contributed by atoms with van der Waals surface area (Å²) in [4.78, 5) is 32.5. The van der Waals surface area contributed by atoms with Crippen molar-refractivity contribution in [2.75, 3.05) is 39.3 Å². The molecule has 0 bridgehead atoms. The van der Waals surface area contributed by atoms with Crippen LogP contribution in [-0.4, -0.2) is 71.8 Å². The lowest BCUT2D eigenvalue weighted by Gasteiger charge is -2.41. The van der Waals surface area contributed by atoms with Gasteiger partial charge in [0.05, 0.1) is 0 Å². The average Bonchev–Trinajstić information content (AvgIpc) is 3.38. The van der Waals surface area contributed by atoms with Crippen LogP contribution in [0, 0.1) is 11.8 Å². The van der Waals surface area contributed by atoms with E-state index in [0.717, 1.165) is 58.3 Å². The molecule has 27 heavy (non-hydrogen) atoms. The van der Waals surface area contributed by atoms with Crippen LogP contribution in [0.25, 0.3) is 0 Å². The quantitative estimate of drug-likeness (QED) is 0.685. The molecule has 0 spiro atoms. The van der Waals surface area contributed by atoms with Gasteiger partial charge in [-0.05, 0) is 64.6 Å². The van der Waals surface area contributed by atoms with Crippen LogP contribution in [0.3, 0.4) is 0 Å². The summed E-state index contributed by atoms with van der Waals surface area (Å²) >= 11 is 0. The smallest absolute Gasteiger partial charge is 0.225 e. The summed E-state index contributed by atoms with van der Waals surface area (Å²) < 4.78 is 0. The van der Waals surface area contributed by atoms with E-state index in [9.17, 15) is 9.59 Å². The van der Waals surface area contributed by atoms with Crippen molar-refractivity contribution >= 4 is 11.8 Å². The molecule has 2 aliphatic heterocycles. The second-order valence-corrected chi connectivity index (χ2v) is 9.15. The zero-order valence-corrected chi connectivity index (χ0v) is 17.5. The lowest BCUT2D eigenvalue weighted by atomic mass is 9.99. The Bertz CT molecular complexity index is 496. The third-order valence-electron chi connectivity index (χ3n) is 6.70. The fourth-order valence-electron chi connectivity index (χ4n) is 5.12. The van der Waals surface area contributed by atoms with Crippen LogP contribution >= 0.6 is 0 Å². The Hall–Kier alpha value is -1.10. The summed E-state index contributed by atoms with van der Waals surface area (Å²) in [6.45, 7) is 9.99. The highest BCUT2D eigenvalue weighted by Crippen LogP contribution is 2.28. The van der Waals surface area contributed by atoms with Crippen molar-refractivity contribution in [3.05, 3.63) is 0 Å². The molecule has 0 radical (unpaired) electrons. The van der Waals surface area contributed by atoms with Crippen LogP contribution in [0.4, 0.5) is 0 Å². The highest BCUT2D eigenvalue weighted by molar-refractivity contribution is 5.80. The Morgan fingerprint density at radius 2 is 1.67 bits per heavy atom. The zero-order chi connectivity index (χ0) is 19.2. The van der Waals surface area contributed by atoms with Gasteiger partial charge < -0.3 is 14.7 Å². The second kappa shape index (κ2) is 9.90. The predicted octanol–water partition coefficient (Wildman–Crippen LogP) is 3.14. The Balaban J connectivity index is 1.57. The first-order valence-electron chi connectivity index (χ1n) is 11.4. The largest absolute Gasteiger partial charge is 0.340 e. The third-order valence-corrected chi connectivity index (χ3v) is 6.70. The van der Waals surface area contributed by atoms with Gasteiger partial charge in [-0.3, -0.25) is 9.59 Å². The standard InChI is InChI=1S/C22H39N3O2/c1-18(2)21(26)25(16-8-14-23-12-5-6-13-23)20-11-7-15-24(17-20)22(27)19-9-3-4-10-19/h18-20H,3-17H2,1-2H3. The monoisotopic (exact) mass is 377 g/mol. The zero-order valence-electron chi connectivity index (χ0n) is 17.5. The molecule has 0 aromatic carbocycles. The van der Waals surface area contributed by atoms with Gasteiger partial charge in [-0.25, -0.2) is 0 Å². The fourth-order valence-corrected chi connectivity index (χ4v) is 5.12. The molecule has 154 valence electrons. The topological polar surface area (TPSA) is 43.9 Å². The van der Waals surface area contributed by atoms with Gasteiger partial charge in [-0.1, -0.05) is 26.7 Å². The van der Waals surface area contributed by atoms with E-state index in [4.69, 9.17) is 0 Å². The van der Waals surface area contributed by atoms with Crippen LogP contribution in [-0.2, 0) is 9.59 Å². The number of rotatable bonds is 7. The van der Waals surface area contributed by atoms with Crippen molar-refractivity contribution in [3.63, 3.8) is 0 Å². The molecule has 3 aliphatic rings. The van der Waals surface area contributed by atoms with E-state index in [1.807, 2.05) is 13.8 Å². The number of nitrogens with zero attached hydrogens (tertiary/aromatic N) is 3. The number of likely N-dealkylation sites (tertiary alicyclic amines) is 2. The van der Waals surface area contributed by atoms with Gasteiger partial charge in [0.2, 0.25) is 11.8 Å².